The Morgan fingerprint density at radius 3 is 2.36 bits per heavy atom. The lowest BCUT2D eigenvalue weighted by molar-refractivity contribution is 0.271. The van der Waals surface area contributed by atoms with E-state index < -0.39 is 0 Å². The summed E-state index contributed by atoms with van der Waals surface area (Å²) in [6, 6.07) is 3.82. The van der Waals surface area contributed by atoms with Crippen molar-refractivity contribution in [3.05, 3.63) is 29.0 Å². The van der Waals surface area contributed by atoms with E-state index in [9.17, 15) is 0 Å². The second kappa shape index (κ2) is 15.6. The first-order valence-electron chi connectivity index (χ1n) is 8.96. The monoisotopic (exact) mass is 481 g/mol. The fourth-order valence-corrected chi connectivity index (χ4v) is 2.69. The molecule has 2 N–H and O–H groups in total. The van der Waals surface area contributed by atoms with Gasteiger partial charge in [-0.3, -0.25) is 4.99 Å². The maximum atomic E-state index is 5.79. The van der Waals surface area contributed by atoms with E-state index in [1.165, 1.54) is 25.9 Å². The molecular formula is C18H33ClIN5. The van der Waals surface area contributed by atoms with Gasteiger partial charge in [-0.25, -0.2) is 4.98 Å². The number of aliphatic imine (C=N–C) groups is 1. The number of nitrogens with one attached hydrogen (secondary N) is 2. The molecule has 0 atom stereocenters. The van der Waals surface area contributed by atoms with Crippen LogP contribution < -0.4 is 10.6 Å². The van der Waals surface area contributed by atoms with E-state index in [4.69, 9.17) is 11.6 Å². The number of guanidine groups is 1. The predicted molar refractivity (Wildman–Crippen MR) is 119 cm³/mol. The molecule has 0 aliphatic rings. The Balaban J connectivity index is 0.00000576. The van der Waals surface area contributed by atoms with E-state index in [-0.39, 0.29) is 24.0 Å². The van der Waals surface area contributed by atoms with Crippen molar-refractivity contribution in [2.75, 3.05) is 39.8 Å². The maximum Gasteiger partial charge on any atom is 0.190 e. The molecule has 7 heteroatoms. The molecule has 0 aromatic carbocycles. The van der Waals surface area contributed by atoms with Crippen LogP contribution in [0.3, 0.4) is 0 Å². The molecule has 144 valence electrons. The van der Waals surface area contributed by atoms with Crippen molar-refractivity contribution in [3.8, 4) is 0 Å². The Kier molecular flexibility index (Phi) is 15.3. The number of nitrogens with zero attached hydrogens (tertiary/aromatic N) is 3. The summed E-state index contributed by atoms with van der Waals surface area (Å²) in [5.41, 5.74) is 1.16. The molecule has 0 unspecified atom stereocenters. The van der Waals surface area contributed by atoms with E-state index in [0.717, 1.165) is 44.0 Å². The van der Waals surface area contributed by atoms with Crippen molar-refractivity contribution in [1.82, 2.24) is 20.5 Å². The third kappa shape index (κ3) is 11.6. The van der Waals surface area contributed by atoms with Crippen LogP contribution in [0.1, 0.15) is 38.7 Å². The van der Waals surface area contributed by atoms with Gasteiger partial charge in [-0.05, 0) is 56.9 Å². The van der Waals surface area contributed by atoms with Crippen LogP contribution in [0, 0.1) is 0 Å². The van der Waals surface area contributed by atoms with Gasteiger partial charge in [0, 0.05) is 26.3 Å². The Morgan fingerprint density at radius 2 is 1.80 bits per heavy atom. The molecular weight excluding hydrogens is 449 g/mol. The van der Waals surface area contributed by atoms with Gasteiger partial charge in [-0.15, -0.1) is 24.0 Å². The van der Waals surface area contributed by atoms with Gasteiger partial charge in [-0.1, -0.05) is 31.5 Å². The second-order valence-corrected chi connectivity index (χ2v) is 6.25. The molecule has 1 rings (SSSR count). The quantitative estimate of drug-likeness (QED) is 0.167. The van der Waals surface area contributed by atoms with Crippen molar-refractivity contribution < 1.29 is 0 Å². The molecule has 0 spiro atoms. The third-order valence-electron chi connectivity index (χ3n) is 3.74. The van der Waals surface area contributed by atoms with Gasteiger partial charge in [0.1, 0.15) is 5.15 Å². The minimum atomic E-state index is 0. The van der Waals surface area contributed by atoms with Gasteiger partial charge in [0.2, 0.25) is 0 Å². The van der Waals surface area contributed by atoms with Gasteiger partial charge < -0.3 is 15.5 Å². The minimum absolute atomic E-state index is 0. The lowest BCUT2D eigenvalue weighted by Gasteiger charge is -2.21. The maximum absolute atomic E-state index is 5.79. The van der Waals surface area contributed by atoms with E-state index >= 15 is 0 Å². The SMILES string of the molecule is CCCN(CCC)CCCNC(=NC)NCCc1ccc(Cl)nc1.I. The lowest BCUT2D eigenvalue weighted by atomic mass is 10.2. The summed E-state index contributed by atoms with van der Waals surface area (Å²) in [6.07, 6.45) is 6.27. The van der Waals surface area contributed by atoms with E-state index in [0.29, 0.717) is 5.15 Å². The highest BCUT2D eigenvalue weighted by Gasteiger charge is 2.03. The first kappa shape index (κ1) is 24.4. The van der Waals surface area contributed by atoms with E-state index in [1.807, 2.05) is 18.3 Å². The molecule has 0 saturated carbocycles. The highest BCUT2D eigenvalue weighted by Crippen LogP contribution is 2.05. The van der Waals surface area contributed by atoms with Crippen LogP contribution in [-0.4, -0.2) is 55.6 Å². The molecule has 1 aromatic rings. The number of pyridine rings is 1. The smallest absolute Gasteiger partial charge is 0.190 e. The normalized spacial score (nSPS) is 11.3. The molecule has 0 bridgehead atoms. The Labute approximate surface area is 175 Å². The standard InChI is InChI=1S/C18H32ClN5.HI/c1-4-12-24(13-5-2)14-6-10-21-18(20-3)22-11-9-16-7-8-17(19)23-15-16;/h7-8,15H,4-6,9-14H2,1-3H3,(H2,20,21,22);1H. The number of rotatable bonds is 11. The number of halogens is 2. The van der Waals surface area contributed by atoms with Crippen LogP contribution >= 0.6 is 35.6 Å². The molecule has 5 nitrogen and oxygen atoms in total. The minimum Gasteiger partial charge on any atom is -0.356 e. The summed E-state index contributed by atoms with van der Waals surface area (Å²) in [7, 11) is 1.81. The fourth-order valence-electron chi connectivity index (χ4n) is 2.58. The van der Waals surface area contributed by atoms with E-state index in [2.05, 4.69) is 39.4 Å². The third-order valence-corrected chi connectivity index (χ3v) is 3.97. The van der Waals surface area contributed by atoms with Gasteiger partial charge in [-0.2, -0.15) is 0 Å². The number of hydrogen-bond acceptors (Lipinski definition) is 3. The zero-order chi connectivity index (χ0) is 17.6. The zero-order valence-electron chi connectivity index (χ0n) is 15.7. The molecule has 0 amide bonds. The molecule has 0 fully saturated rings. The van der Waals surface area contributed by atoms with Gasteiger partial charge in [0.25, 0.3) is 0 Å². The zero-order valence-corrected chi connectivity index (χ0v) is 18.8. The molecule has 0 saturated heterocycles. The average Bonchev–Trinajstić information content (AvgIpc) is 2.59. The summed E-state index contributed by atoms with van der Waals surface area (Å²) >= 11 is 5.79. The largest absolute Gasteiger partial charge is 0.356 e. The van der Waals surface area contributed by atoms with Gasteiger partial charge in [0.15, 0.2) is 5.96 Å². The summed E-state index contributed by atoms with van der Waals surface area (Å²) < 4.78 is 0. The molecule has 0 radical (unpaired) electrons. The van der Waals surface area contributed by atoms with Crippen LogP contribution in [0.5, 0.6) is 0 Å². The fraction of sp³-hybridized carbons (Fsp3) is 0.667. The van der Waals surface area contributed by atoms with Crippen molar-refractivity contribution in [2.24, 2.45) is 4.99 Å². The van der Waals surface area contributed by atoms with Crippen LogP contribution in [-0.2, 0) is 6.42 Å². The average molecular weight is 482 g/mol. The Hall–Kier alpha value is -0.600. The van der Waals surface area contributed by atoms with Crippen molar-refractivity contribution >= 4 is 41.5 Å². The lowest BCUT2D eigenvalue weighted by Crippen LogP contribution is -2.39. The van der Waals surface area contributed by atoms with Crippen LogP contribution in [0.15, 0.2) is 23.3 Å². The molecule has 0 aliphatic carbocycles. The number of hydrogen-bond donors (Lipinski definition) is 2. The van der Waals surface area contributed by atoms with Crippen LogP contribution in [0.25, 0.3) is 0 Å². The Morgan fingerprint density at radius 1 is 1.12 bits per heavy atom. The van der Waals surface area contributed by atoms with Gasteiger partial charge in [0.05, 0.1) is 0 Å². The topological polar surface area (TPSA) is 52.5 Å². The summed E-state index contributed by atoms with van der Waals surface area (Å²) in [5.74, 6) is 0.856. The first-order valence-corrected chi connectivity index (χ1v) is 9.34. The molecule has 1 aromatic heterocycles. The predicted octanol–water partition coefficient (Wildman–Crippen LogP) is 3.57. The first-order chi connectivity index (χ1) is 11.7. The summed E-state index contributed by atoms with van der Waals surface area (Å²) in [5, 5.41) is 7.25. The molecule has 1 heterocycles. The molecule has 25 heavy (non-hydrogen) atoms. The Bertz CT molecular complexity index is 461. The van der Waals surface area contributed by atoms with Gasteiger partial charge >= 0.3 is 0 Å². The van der Waals surface area contributed by atoms with Crippen LogP contribution in [0.2, 0.25) is 5.15 Å². The van der Waals surface area contributed by atoms with Crippen LogP contribution in [0.4, 0.5) is 0 Å². The number of aromatic nitrogens is 1. The summed E-state index contributed by atoms with van der Waals surface area (Å²) in [6.45, 7) is 9.76. The highest BCUT2D eigenvalue weighted by molar-refractivity contribution is 14.0. The second-order valence-electron chi connectivity index (χ2n) is 5.86. The molecule has 0 aliphatic heterocycles. The van der Waals surface area contributed by atoms with Crippen molar-refractivity contribution in [1.29, 1.82) is 0 Å². The van der Waals surface area contributed by atoms with Crippen molar-refractivity contribution in [2.45, 2.75) is 39.5 Å². The summed E-state index contributed by atoms with van der Waals surface area (Å²) in [4.78, 5) is 10.9. The highest BCUT2D eigenvalue weighted by atomic mass is 127. The van der Waals surface area contributed by atoms with E-state index in [1.54, 1.807) is 7.05 Å². The van der Waals surface area contributed by atoms with Crippen molar-refractivity contribution in [3.63, 3.8) is 0 Å².